The Morgan fingerprint density at radius 2 is 1.62 bits per heavy atom. The van der Waals surface area contributed by atoms with Gasteiger partial charge in [0.15, 0.2) is 0 Å². The number of hydrogen-bond donors (Lipinski definition) is 8. The van der Waals surface area contributed by atoms with Crippen molar-refractivity contribution in [3.63, 3.8) is 0 Å². The molecule has 0 radical (unpaired) electrons. The quantitative estimate of drug-likeness (QED) is 0.139. The molecule has 0 saturated heterocycles. The van der Waals surface area contributed by atoms with Gasteiger partial charge in [0.2, 0.25) is 17.7 Å². The molecule has 214 valence electrons. The van der Waals surface area contributed by atoms with E-state index in [2.05, 4.69) is 10.6 Å². The Balaban J connectivity index is 2.07. The highest BCUT2D eigenvalue weighted by atomic mass is 16.3. The summed E-state index contributed by atoms with van der Waals surface area (Å²) in [5, 5.41) is 34.4. The average Bonchev–Trinajstić information content (AvgIpc) is 2.91. The zero-order valence-electron chi connectivity index (χ0n) is 22.2. The minimum absolute atomic E-state index is 0.00148. The minimum atomic E-state index is -1.08. The maximum absolute atomic E-state index is 12.9. The van der Waals surface area contributed by atoms with E-state index in [4.69, 9.17) is 22.3 Å². The summed E-state index contributed by atoms with van der Waals surface area (Å²) in [4.78, 5) is 39.4. The van der Waals surface area contributed by atoms with E-state index in [-0.39, 0.29) is 57.1 Å². The predicted octanol–water partition coefficient (Wildman–Crippen LogP) is -0.937. The third-order valence-electron chi connectivity index (χ3n) is 6.25. The third-order valence-corrected chi connectivity index (χ3v) is 6.25. The molecule has 0 aliphatic carbocycles. The zero-order valence-corrected chi connectivity index (χ0v) is 22.2. The molecule has 12 heteroatoms. The molecule has 2 rings (SSSR count). The van der Waals surface area contributed by atoms with Crippen molar-refractivity contribution in [1.82, 2.24) is 15.5 Å². The van der Waals surface area contributed by atoms with Gasteiger partial charge in [-0.15, -0.1) is 0 Å². The van der Waals surface area contributed by atoms with E-state index in [1.54, 1.807) is 31.2 Å². The number of aromatic hydroxyl groups is 2. The van der Waals surface area contributed by atoms with Gasteiger partial charge in [0.25, 0.3) is 0 Å². The number of phenolic OH excluding ortho intramolecular Hbond substituents is 2. The van der Waals surface area contributed by atoms with E-state index in [9.17, 15) is 24.6 Å². The first-order valence-electron chi connectivity index (χ1n) is 12.9. The number of benzene rings is 2. The average molecular weight is 545 g/mol. The Bertz CT molecular complexity index is 1120. The van der Waals surface area contributed by atoms with Crippen LogP contribution in [-0.4, -0.2) is 89.4 Å². The zero-order chi connectivity index (χ0) is 28.9. The van der Waals surface area contributed by atoms with Crippen LogP contribution in [-0.2, 0) is 20.8 Å². The van der Waals surface area contributed by atoms with Crippen molar-refractivity contribution in [3.05, 3.63) is 47.5 Å². The van der Waals surface area contributed by atoms with Crippen LogP contribution in [0.25, 0.3) is 11.1 Å². The fourth-order valence-electron chi connectivity index (χ4n) is 4.00. The van der Waals surface area contributed by atoms with Gasteiger partial charge in [-0.25, -0.2) is 0 Å². The summed E-state index contributed by atoms with van der Waals surface area (Å²) in [5.74, 6) is -1.44. The van der Waals surface area contributed by atoms with Gasteiger partial charge in [-0.05, 0) is 72.8 Å². The van der Waals surface area contributed by atoms with Crippen LogP contribution in [0.2, 0.25) is 0 Å². The number of rotatable bonds is 15. The number of nitrogens with zero attached hydrogens (tertiary/aromatic N) is 1. The molecule has 0 saturated carbocycles. The summed E-state index contributed by atoms with van der Waals surface area (Å²) in [5.41, 5.74) is 20.0. The Morgan fingerprint density at radius 1 is 0.949 bits per heavy atom. The summed E-state index contributed by atoms with van der Waals surface area (Å²) in [6.45, 7) is 2.05. The second kappa shape index (κ2) is 15.6. The number of nitrogens with one attached hydrogen (secondary N) is 2. The van der Waals surface area contributed by atoms with Crippen molar-refractivity contribution in [2.24, 2.45) is 17.2 Å². The van der Waals surface area contributed by atoms with Gasteiger partial charge in [-0.3, -0.25) is 14.4 Å². The first kappa shape index (κ1) is 31.5. The van der Waals surface area contributed by atoms with Crippen molar-refractivity contribution >= 4 is 17.7 Å². The first-order valence-corrected chi connectivity index (χ1v) is 12.9. The van der Waals surface area contributed by atoms with E-state index in [1.807, 2.05) is 6.07 Å². The molecule has 0 aliphatic heterocycles. The van der Waals surface area contributed by atoms with E-state index >= 15 is 0 Å². The van der Waals surface area contributed by atoms with Crippen LogP contribution in [0.1, 0.15) is 24.0 Å². The Morgan fingerprint density at radius 3 is 2.23 bits per heavy atom. The second-order valence-corrected chi connectivity index (χ2v) is 9.26. The number of aryl methyl sites for hydroxylation is 1. The van der Waals surface area contributed by atoms with Crippen LogP contribution in [0.15, 0.2) is 36.4 Å². The number of aliphatic hydroxyl groups excluding tert-OH is 1. The number of hydrogen-bond acceptors (Lipinski definition) is 9. The molecule has 0 heterocycles. The summed E-state index contributed by atoms with van der Waals surface area (Å²) in [6.07, 6.45) is 0.681. The highest BCUT2D eigenvalue weighted by Gasteiger charge is 2.25. The molecule has 0 spiro atoms. The molecule has 39 heavy (non-hydrogen) atoms. The van der Waals surface area contributed by atoms with Crippen LogP contribution < -0.4 is 27.8 Å². The number of aliphatic hydroxyl groups is 1. The molecule has 0 fully saturated rings. The van der Waals surface area contributed by atoms with Crippen molar-refractivity contribution in [3.8, 4) is 22.6 Å². The standard InChI is InChI=1S/C27H40N6O6/c1-17-13-18(4-6-23(17)35)19-5-7-24(36)20(14-19)15-21(30)26(38)32-22(3-2-8-28)27(39)31-16-25(37)33(10-9-29)11-12-34/h4-7,13-14,21-22,34-36H,2-3,8-12,15-16,28-30H2,1H3,(H,31,39)(H,32,38)/t21-,22-/m0/s1. The first-order chi connectivity index (χ1) is 18.6. The summed E-state index contributed by atoms with van der Waals surface area (Å²) in [7, 11) is 0. The van der Waals surface area contributed by atoms with Crippen LogP contribution >= 0.6 is 0 Å². The SMILES string of the molecule is Cc1cc(-c2ccc(O)c(C[C@H](N)C(=O)N[C@@H](CCCN)C(=O)NCC(=O)N(CCN)CCO)c2)ccc1O. The third kappa shape index (κ3) is 9.52. The van der Waals surface area contributed by atoms with E-state index in [0.29, 0.717) is 24.1 Å². The molecule has 0 aliphatic rings. The topological polar surface area (TPSA) is 217 Å². The van der Waals surface area contributed by atoms with Crippen LogP contribution in [0.3, 0.4) is 0 Å². The Labute approximate surface area is 228 Å². The number of amides is 3. The molecule has 0 unspecified atom stereocenters. The van der Waals surface area contributed by atoms with Gasteiger partial charge >= 0.3 is 0 Å². The highest BCUT2D eigenvalue weighted by Crippen LogP contribution is 2.29. The summed E-state index contributed by atoms with van der Waals surface area (Å²) >= 11 is 0. The highest BCUT2D eigenvalue weighted by molar-refractivity contribution is 5.92. The Kier molecular flexibility index (Phi) is 12.6. The van der Waals surface area contributed by atoms with Gasteiger partial charge < -0.3 is 48.1 Å². The molecule has 2 atom stereocenters. The van der Waals surface area contributed by atoms with Gasteiger partial charge in [-0.1, -0.05) is 12.1 Å². The minimum Gasteiger partial charge on any atom is -0.508 e. The summed E-state index contributed by atoms with van der Waals surface area (Å²) in [6, 6.07) is 8.04. The van der Waals surface area contributed by atoms with Crippen molar-refractivity contribution in [2.45, 2.75) is 38.3 Å². The second-order valence-electron chi connectivity index (χ2n) is 9.26. The van der Waals surface area contributed by atoms with Gasteiger partial charge in [0.1, 0.15) is 17.5 Å². The van der Waals surface area contributed by atoms with Gasteiger partial charge in [0, 0.05) is 26.1 Å². The molecule has 11 N–H and O–H groups in total. The fraction of sp³-hybridized carbons (Fsp3) is 0.444. The molecule has 0 aromatic heterocycles. The molecule has 0 bridgehead atoms. The van der Waals surface area contributed by atoms with Crippen molar-refractivity contribution in [2.75, 3.05) is 39.3 Å². The molecule has 3 amide bonds. The molecular weight excluding hydrogens is 504 g/mol. The normalized spacial score (nSPS) is 12.4. The lowest BCUT2D eigenvalue weighted by molar-refractivity contribution is -0.134. The Hall–Kier alpha value is -3.71. The summed E-state index contributed by atoms with van der Waals surface area (Å²) < 4.78 is 0. The van der Waals surface area contributed by atoms with E-state index < -0.39 is 29.8 Å². The monoisotopic (exact) mass is 544 g/mol. The lowest BCUT2D eigenvalue weighted by atomic mass is 9.97. The van der Waals surface area contributed by atoms with Crippen LogP contribution in [0, 0.1) is 6.92 Å². The van der Waals surface area contributed by atoms with Crippen LogP contribution in [0.5, 0.6) is 11.5 Å². The predicted molar refractivity (Wildman–Crippen MR) is 148 cm³/mol. The number of phenols is 2. The largest absolute Gasteiger partial charge is 0.508 e. The van der Waals surface area contributed by atoms with Gasteiger partial charge in [0.05, 0.1) is 19.2 Å². The van der Waals surface area contributed by atoms with E-state index in [0.717, 1.165) is 11.1 Å². The number of carbonyl (C=O) groups is 3. The smallest absolute Gasteiger partial charge is 0.243 e. The van der Waals surface area contributed by atoms with Crippen molar-refractivity contribution < 1.29 is 29.7 Å². The number of carbonyl (C=O) groups excluding carboxylic acids is 3. The fourth-order valence-corrected chi connectivity index (χ4v) is 4.00. The molecule has 2 aromatic rings. The lowest BCUT2D eigenvalue weighted by Crippen LogP contribution is -2.53. The molecule has 2 aromatic carbocycles. The maximum Gasteiger partial charge on any atom is 0.243 e. The van der Waals surface area contributed by atoms with E-state index in [1.165, 1.54) is 11.0 Å². The number of nitrogens with two attached hydrogens (primary N) is 3. The maximum atomic E-state index is 12.9. The molecular formula is C27H40N6O6. The lowest BCUT2D eigenvalue weighted by Gasteiger charge is -2.23. The van der Waals surface area contributed by atoms with Crippen LogP contribution in [0.4, 0.5) is 0 Å². The molecule has 12 nitrogen and oxygen atoms in total. The van der Waals surface area contributed by atoms with Crippen molar-refractivity contribution in [1.29, 1.82) is 0 Å². The van der Waals surface area contributed by atoms with Gasteiger partial charge in [-0.2, -0.15) is 0 Å².